The predicted octanol–water partition coefficient (Wildman–Crippen LogP) is 2.64. The Labute approximate surface area is 105 Å². The molecule has 94 valence electrons. The Morgan fingerprint density at radius 2 is 2.41 bits per heavy atom. The van der Waals surface area contributed by atoms with Crippen LogP contribution >= 0.6 is 11.3 Å². The summed E-state index contributed by atoms with van der Waals surface area (Å²) in [7, 11) is 0. The molecule has 1 aromatic heterocycles. The largest absolute Gasteiger partial charge is 0.477 e. The molecule has 2 heterocycles. The number of aromatic nitrogens is 1. The van der Waals surface area contributed by atoms with Crippen LogP contribution in [0.2, 0.25) is 0 Å². The number of carboxylic acid groups (broad SMARTS) is 1. The third-order valence-electron chi connectivity index (χ3n) is 3.06. The standard InChI is InChI=1S/C12H18N2O2S/c1-3-4-9-10(11(15)16)17-12(13-9)14-6-5-8(2)7-14/h8H,3-7H2,1-2H3,(H,15,16). The van der Waals surface area contributed by atoms with Gasteiger partial charge >= 0.3 is 5.97 Å². The zero-order chi connectivity index (χ0) is 12.4. The highest BCUT2D eigenvalue weighted by molar-refractivity contribution is 7.17. The van der Waals surface area contributed by atoms with Gasteiger partial charge in [-0.25, -0.2) is 9.78 Å². The number of aromatic carboxylic acids is 1. The molecule has 4 nitrogen and oxygen atoms in total. The molecule has 1 saturated heterocycles. The van der Waals surface area contributed by atoms with E-state index >= 15 is 0 Å². The lowest BCUT2D eigenvalue weighted by Gasteiger charge is -2.13. The smallest absolute Gasteiger partial charge is 0.347 e. The first-order valence-electron chi connectivity index (χ1n) is 6.09. The average Bonchev–Trinajstić information content (AvgIpc) is 2.85. The Morgan fingerprint density at radius 3 is 2.94 bits per heavy atom. The fourth-order valence-corrected chi connectivity index (χ4v) is 3.14. The number of carbonyl (C=O) groups is 1. The van der Waals surface area contributed by atoms with Gasteiger partial charge in [-0.3, -0.25) is 0 Å². The number of anilines is 1. The van der Waals surface area contributed by atoms with E-state index in [2.05, 4.69) is 16.8 Å². The molecule has 17 heavy (non-hydrogen) atoms. The maximum atomic E-state index is 11.1. The molecule has 0 aromatic carbocycles. The van der Waals surface area contributed by atoms with E-state index in [4.69, 9.17) is 5.11 Å². The molecule has 1 N–H and O–H groups in total. The van der Waals surface area contributed by atoms with Gasteiger partial charge in [-0.05, 0) is 18.8 Å². The number of hydrogen-bond donors (Lipinski definition) is 1. The van der Waals surface area contributed by atoms with E-state index in [0.717, 1.165) is 36.8 Å². The van der Waals surface area contributed by atoms with Gasteiger partial charge in [0, 0.05) is 13.1 Å². The molecule has 1 aliphatic heterocycles. The fraction of sp³-hybridized carbons (Fsp3) is 0.667. The Hall–Kier alpha value is -1.10. The lowest BCUT2D eigenvalue weighted by molar-refractivity contribution is 0.0700. The maximum Gasteiger partial charge on any atom is 0.347 e. The fourth-order valence-electron chi connectivity index (χ4n) is 2.16. The number of aryl methyl sites for hydroxylation is 1. The third kappa shape index (κ3) is 2.60. The molecule has 5 heteroatoms. The second-order valence-corrected chi connectivity index (χ2v) is 5.64. The van der Waals surface area contributed by atoms with Crippen LogP contribution in [0.15, 0.2) is 0 Å². The van der Waals surface area contributed by atoms with E-state index in [1.807, 2.05) is 6.92 Å². The van der Waals surface area contributed by atoms with Gasteiger partial charge in [-0.2, -0.15) is 0 Å². The highest BCUT2D eigenvalue weighted by Crippen LogP contribution is 2.30. The van der Waals surface area contributed by atoms with Gasteiger partial charge in [0.15, 0.2) is 5.13 Å². The molecule has 1 unspecified atom stereocenters. The number of nitrogens with zero attached hydrogens (tertiary/aromatic N) is 2. The minimum Gasteiger partial charge on any atom is -0.477 e. The topological polar surface area (TPSA) is 53.4 Å². The van der Waals surface area contributed by atoms with Crippen molar-refractivity contribution in [2.24, 2.45) is 5.92 Å². The summed E-state index contributed by atoms with van der Waals surface area (Å²) in [4.78, 5) is 18.3. The van der Waals surface area contributed by atoms with Crippen molar-refractivity contribution >= 4 is 22.4 Å². The van der Waals surface area contributed by atoms with Gasteiger partial charge in [-0.1, -0.05) is 31.6 Å². The van der Waals surface area contributed by atoms with Crippen LogP contribution in [0.3, 0.4) is 0 Å². The van der Waals surface area contributed by atoms with E-state index in [1.54, 1.807) is 0 Å². The molecule has 0 saturated carbocycles. The lowest BCUT2D eigenvalue weighted by atomic mass is 10.2. The summed E-state index contributed by atoms with van der Waals surface area (Å²) in [6.45, 7) is 6.26. The van der Waals surface area contributed by atoms with Gasteiger partial charge in [0.2, 0.25) is 0 Å². The summed E-state index contributed by atoms with van der Waals surface area (Å²) >= 11 is 1.32. The molecule has 1 atom stereocenters. The molecule has 1 fully saturated rings. The monoisotopic (exact) mass is 254 g/mol. The first-order chi connectivity index (χ1) is 8.11. The summed E-state index contributed by atoms with van der Waals surface area (Å²) in [5.41, 5.74) is 0.750. The molecular weight excluding hydrogens is 236 g/mol. The van der Waals surface area contributed by atoms with Gasteiger partial charge < -0.3 is 10.0 Å². The minimum absolute atomic E-state index is 0.418. The van der Waals surface area contributed by atoms with Crippen molar-refractivity contribution in [3.8, 4) is 0 Å². The van der Waals surface area contributed by atoms with E-state index in [-0.39, 0.29) is 0 Å². The summed E-state index contributed by atoms with van der Waals surface area (Å²) < 4.78 is 0. The maximum absolute atomic E-state index is 11.1. The zero-order valence-electron chi connectivity index (χ0n) is 10.3. The van der Waals surface area contributed by atoms with Crippen molar-refractivity contribution in [1.82, 2.24) is 4.98 Å². The number of carboxylic acids is 1. The van der Waals surface area contributed by atoms with Gasteiger partial charge in [0.25, 0.3) is 0 Å². The van der Waals surface area contributed by atoms with E-state index in [1.165, 1.54) is 17.8 Å². The molecule has 0 amide bonds. The lowest BCUT2D eigenvalue weighted by Crippen LogP contribution is -2.18. The number of rotatable bonds is 4. The second-order valence-electron chi connectivity index (χ2n) is 4.67. The SMILES string of the molecule is CCCc1nc(N2CCC(C)C2)sc1C(=O)O. The van der Waals surface area contributed by atoms with Crippen molar-refractivity contribution in [2.75, 3.05) is 18.0 Å². The van der Waals surface area contributed by atoms with Crippen molar-refractivity contribution in [3.63, 3.8) is 0 Å². The van der Waals surface area contributed by atoms with Crippen LogP contribution < -0.4 is 4.90 Å². The van der Waals surface area contributed by atoms with Crippen LogP contribution in [0, 0.1) is 5.92 Å². The summed E-state index contributed by atoms with van der Waals surface area (Å²) in [6, 6.07) is 0. The number of thiazole rings is 1. The number of hydrogen-bond acceptors (Lipinski definition) is 4. The van der Waals surface area contributed by atoms with Crippen LogP contribution in [0.4, 0.5) is 5.13 Å². The molecule has 2 rings (SSSR count). The highest BCUT2D eigenvalue weighted by atomic mass is 32.1. The Balaban J connectivity index is 2.23. The first kappa shape index (κ1) is 12.4. The van der Waals surface area contributed by atoms with Crippen LogP contribution in [-0.4, -0.2) is 29.1 Å². The average molecular weight is 254 g/mol. The second kappa shape index (κ2) is 5.04. The molecule has 1 aliphatic rings. The molecular formula is C12H18N2O2S. The van der Waals surface area contributed by atoms with Gasteiger partial charge in [0.1, 0.15) is 4.88 Å². The molecule has 1 aromatic rings. The third-order valence-corrected chi connectivity index (χ3v) is 4.21. The Kier molecular flexibility index (Phi) is 3.66. The molecule has 0 aliphatic carbocycles. The van der Waals surface area contributed by atoms with Gasteiger partial charge in [0.05, 0.1) is 5.69 Å². The quantitative estimate of drug-likeness (QED) is 0.897. The summed E-state index contributed by atoms with van der Waals surface area (Å²) in [5.74, 6) is -0.161. The van der Waals surface area contributed by atoms with Gasteiger partial charge in [-0.15, -0.1) is 0 Å². The van der Waals surface area contributed by atoms with Crippen LogP contribution in [-0.2, 0) is 6.42 Å². The Morgan fingerprint density at radius 1 is 1.65 bits per heavy atom. The van der Waals surface area contributed by atoms with E-state index < -0.39 is 5.97 Å². The summed E-state index contributed by atoms with van der Waals surface area (Å²) in [5, 5.41) is 10.0. The minimum atomic E-state index is -0.843. The zero-order valence-corrected chi connectivity index (χ0v) is 11.1. The van der Waals surface area contributed by atoms with Crippen LogP contribution in [0.5, 0.6) is 0 Å². The van der Waals surface area contributed by atoms with Crippen molar-refractivity contribution in [3.05, 3.63) is 10.6 Å². The highest BCUT2D eigenvalue weighted by Gasteiger charge is 2.24. The Bertz CT molecular complexity index is 417. The van der Waals surface area contributed by atoms with Crippen molar-refractivity contribution < 1.29 is 9.90 Å². The first-order valence-corrected chi connectivity index (χ1v) is 6.91. The summed E-state index contributed by atoms with van der Waals surface area (Å²) in [6.07, 6.45) is 2.85. The predicted molar refractivity (Wildman–Crippen MR) is 69.1 cm³/mol. The molecule has 0 bridgehead atoms. The van der Waals surface area contributed by atoms with Crippen LogP contribution in [0.25, 0.3) is 0 Å². The molecule has 0 radical (unpaired) electrons. The van der Waals surface area contributed by atoms with Crippen molar-refractivity contribution in [2.45, 2.75) is 33.1 Å². The normalized spacial score (nSPS) is 19.9. The van der Waals surface area contributed by atoms with Crippen molar-refractivity contribution in [1.29, 1.82) is 0 Å². The van der Waals surface area contributed by atoms with E-state index in [9.17, 15) is 4.79 Å². The molecule has 0 spiro atoms. The van der Waals surface area contributed by atoms with E-state index in [0.29, 0.717) is 10.8 Å². The van der Waals surface area contributed by atoms with Crippen LogP contribution in [0.1, 0.15) is 42.1 Å².